The predicted octanol–water partition coefficient (Wildman–Crippen LogP) is 2.38. The molecule has 146 valence electrons. The molecule has 1 aliphatic heterocycles. The molecule has 0 amide bonds. The summed E-state index contributed by atoms with van der Waals surface area (Å²) in [6, 6.07) is 5.85. The minimum absolute atomic E-state index is 0.247. The minimum Gasteiger partial charge on any atom is -0.324 e. The van der Waals surface area contributed by atoms with Crippen LogP contribution >= 0.6 is 0 Å². The van der Waals surface area contributed by atoms with Gasteiger partial charge in [0.05, 0.1) is 6.20 Å². The third-order valence-electron chi connectivity index (χ3n) is 4.82. The SMILES string of the molecule is CCN(CC)S(=O)(=O)N1CCC(c2cccc(Nc3cnccn3)n2)CC1. The second-order valence-electron chi connectivity index (χ2n) is 6.43. The van der Waals surface area contributed by atoms with E-state index in [0.717, 1.165) is 18.5 Å². The Labute approximate surface area is 160 Å². The van der Waals surface area contributed by atoms with E-state index in [1.807, 2.05) is 32.0 Å². The molecule has 1 fully saturated rings. The Hall–Kier alpha value is -2.10. The van der Waals surface area contributed by atoms with Crippen molar-refractivity contribution in [3.63, 3.8) is 0 Å². The first kappa shape index (κ1) is 19.7. The number of hydrogen-bond acceptors (Lipinski definition) is 6. The molecule has 1 saturated heterocycles. The molecule has 3 rings (SSSR count). The number of pyridine rings is 1. The lowest BCUT2D eigenvalue weighted by molar-refractivity contribution is 0.289. The Morgan fingerprint density at radius 3 is 2.52 bits per heavy atom. The number of nitrogens with one attached hydrogen (secondary N) is 1. The molecular weight excluding hydrogens is 364 g/mol. The highest BCUT2D eigenvalue weighted by Crippen LogP contribution is 2.29. The summed E-state index contributed by atoms with van der Waals surface area (Å²) in [6.07, 6.45) is 6.42. The molecule has 0 bridgehead atoms. The zero-order valence-electron chi connectivity index (χ0n) is 15.7. The van der Waals surface area contributed by atoms with Gasteiger partial charge in [-0.05, 0) is 25.0 Å². The lowest BCUT2D eigenvalue weighted by Crippen LogP contribution is -2.46. The topological polar surface area (TPSA) is 91.3 Å². The first-order chi connectivity index (χ1) is 13.0. The van der Waals surface area contributed by atoms with Crippen molar-refractivity contribution in [1.82, 2.24) is 23.6 Å². The second-order valence-corrected chi connectivity index (χ2v) is 8.36. The highest BCUT2D eigenvalue weighted by atomic mass is 32.2. The van der Waals surface area contributed by atoms with Gasteiger partial charge in [-0.3, -0.25) is 4.98 Å². The van der Waals surface area contributed by atoms with E-state index in [2.05, 4.69) is 20.3 Å². The molecule has 1 aliphatic rings. The first-order valence-corrected chi connectivity index (χ1v) is 10.7. The molecule has 3 heterocycles. The third-order valence-corrected chi connectivity index (χ3v) is 7.01. The number of nitrogens with zero attached hydrogens (tertiary/aromatic N) is 5. The van der Waals surface area contributed by atoms with Crippen molar-refractivity contribution in [2.75, 3.05) is 31.5 Å². The highest BCUT2D eigenvalue weighted by Gasteiger charge is 2.32. The van der Waals surface area contributed by atoms with Crippen LogP contribution in [0.4, 0.5) is 11.6 Å². The molecule has 0 aliphatic carbocycles. The molecule has 27 heavy (non-hydrogen) atoms. The fourth-order valence-electron chi connectivity index (χ4n) is 3.34. The van der Waals surface area contributed by atoms with E-state index in [-0.39, 0.29) is 5.92 Å². The predicted molar refractivity (Wildman–Crippen MR) is 105 cm³/mol. The van der Waals surface area contributed by atoms with Gasteiger partial charge in [0, 0.05) is 50.2 Å². The van der Waals surface area contributed by atoms with Crippen molar-refractivity contribution in [3.8, 4) is 0 Å². The zero-order valence-corrected chi connectivity index (χ0v) is 16.6. The summed E-state index contributed by atoms with van der Waals surface area (Å²) in [5, 5.41) is 3.15. The molecule has 2 aromatic rings. The van der Waals surface area contributed by atoms with Crippen LogP contribution in [0.1, 0.15) is 38.3 Å². The summed E-state index contributed by atoms with van der Waals surface area (Å²) in [5.74, 6) is 1.60. The lowest BCUT2D eigenvalue weighted by Gasteiger charge is -2.34. The number of aromatic nitrogens is 3. The molecule has 8 nitrogen and oxygen atoms in total. The standard InChI is InChI=1S/C18H26N6O2S/c1-3-23(4-2)27(25,26)24-12-8-15(9-13-24)16-6-5-7-17(21-16)22-18-14-19-10-11-20-18/h5-7,10-11,14-15H,3-4,8-9,12-13H2,1-2H3,(H,20,21,22). The van der Waals surface area contributed by atoms with Crippen LogP contribution in [0.15, 0.2) is 36.8 Å². The summed E-state index contributed by atoms with van der Waals surface area (Å²) < 4.78 is 28.4. The lowest BCUT2D eigenvalue weighted by atomic mass is 9.94. The van der Waals surface area contributed by atoms with Gasteiger partial charge in [0.15, 0.2) is 0 Å². The minimum atomic E-state index is -3.36. The molecule has 2 aromatic heterocycles. The summed E-state index contributed by atoms with van der Waals surface area (Å²) in [5.41, 5.74) is 0.976. The monoisotopic (exact) mass is 390 g/mol. The smallest absolute Gasteiger partial charge is 0.281 e. The average Bonchev–Trinajstić information content (AvgIpc) is 2.70. The van der Waals surface area contributed by atoms with Gasteiger partial charge >= 0.3 is 0 Å². The highest BCUT2D eigenvalue weighted by molar-refractivity contribution is 7.86. The average molecular weight is 391 g/mol. The van der Waals surface area contributed by atoms with Crippen LogP contribution in [0.2, 0.25) is 0 Å². The van der Waals surface area contributed by atoms with Crippen LogP contribution < -0.4 is 5.32 Å². The molecule has 0 radical (unpaired) electrons. The number of anilines is 2. The van der Waals surface area contributed by atoms with Crippen molar-refractivity contribution >= 4 is 21.8 Å². The van der Waals surface area contributed by atoms with Gasteiger partial charge < -0.3 is 5.32 Å². The summed E-state index contributed by atoms with van der Waals surface area (Å²) in [6.45, 7) is 5.77. The van der Waals surface area contributed by atoms with Crippen LogP contribution in [0.5, 0.6) is 0 Å². The second kappa shape index (κ2) is 8.73. The van der Waals surface area contributed by atoms with E-state index in [1.165, 1.54) is 4.31 Å². The molecule has 0 atom stereocenters. The molecule has 0 unspecified atom stereocenters. The van der Waals surface area contributed by atoms with Gasteiger partial charge in [0.2, 0.25) is 0 Å². The van der Waals surface area contributed by atoms with E-state index in [4.69, 9.17) is 0 Å². The Morgan fingerprint density at radius 1 is 1.15 bits per heavy atom. The van der Waals surface area contributed by atoms with E-state index in [9.17, 15) is 8.42 Å². The van der Waals surface area contributed by atoms with Crippen LogP contribution in [-0.2, 0) is 10.2 Å². The van der Waals surface area contributed by atoms with E-state index in [0.29, 0.717) is 37.8 Å². The van der Waals surface area contributed by atoms with E-state index in [1.54, 1.807) is 22.9 Å². The Morgan fingerprint density at radius 2 is 1.89 bits per heavy atom. The number of hydrogen-bond donors (Lipinski definition) is 1. The quantitative estimate of drug-likeness (QED) is 0.780. The normalized spacial score (nSPS) is 16.6. The van der Waals surface area contributed by atoms with Crippen molar-refractivity contribution in [3.05, 3.63) is 42.5 Å². The van der Waals surface area contributed by atoms with Gasteiger partial charge in [-0.15, -0.1) is 0 Å². The van der Waals surface area contributed by atoms with Gasteiger partial charge in [-0.2, -0.15) is 17.0 Å². The molecule has 0 spiro atoms. The van der Waals surface area contributed by atoms with Crippen molar-refractivity contribution < 1.29 is 8.42 Å². The Bertz CT molecular complexity index is 834. The van der Waals surface area contributed by atoms with Crippen molar-refractivity contribution in [2.45, 2.75) is 32.6 Å². The third kappa shape index (κ3) is 4.60. The fourth-order valence-corrected chi connectivity index (χ4v) is 4.99. The molecular formula is C18H26N6O2S. The maximum atomic E-state index is 12.7. The van der Waals surface area contributed by atoms with Gasteiger partial charge in [0.1, 0.15) is 11.6 Å². The maximum Gasteiger partial charge on any atom is 0.281 e. The van der Waals surface area contributed by atoms with Crippen LogP contribution in [-0.4, -0.2) is 58.2 Å². The van der Waals surface area contributed by atoms with Crippen molar-refractivity contribution in [1.29, 1.82) is 0 Å². The summed E-state index contributed by atoms with van der Waals surface area (Å²) >= 11 is 0. The molecule has 0 aromatic carbocycles. The van der Waals surface area contributed by atoms with Gasteiger partial charge in [-0.25, -0.2) is 9.97 Å². The van der Waals surface area contributed by atoms with Crippen LogP contribution in [0.3, 0.4) is 0 Å². The van der Waals surface area contributed by atoms with Crippen LogP contribution in [0, 0.1) is 0 Å². The zero-order chi connectivity index (χ0) is 19.3. The summed E-state index contributed by atoms with van der Waals surface area (Å²) in [4.78, 5) is 12.9. The summed E-state index contributed by atoms with van der Waals surface area (Å²) in [7, 11) is -3.36. The Balaban J connectivity index is 1.65. The Kier molecular flexibility index (Phi) is 6.35. The molecule has 9 heteroatoms. The fraction of sp³-hybridized carbons (Fsp3) is 0.500. The number of piperidine rings is 1. The first-order valence-electron chi connectivity index (χ1n) is 9.29. The van der Waals surface area contributed by atoms with Crippen molar-refractivity contribution in [2.24, 2.45) is 0 Å². The van der Waals surface area contributed by atoms with E-state index >= 15 is 0 Å². The van der Waals surface area contributed by atoms with E-state index < -0.39 is 10.2 Å². The molecule has 1 N–H and O–H groups in total. The van der Waals surface area contributed by atoms with Gasteiger partial charge in [-0.1, -0.05) is 19.9 Å². The van der Waals surface area contributed by atoms with Crippen LogP contribution in [0.25, 0.3) is 0 Å². The number of rotatable bonds is 7. The maximum absolute atomic E-state index is 12.7. The molecule has 0 saturated carbocycles. The largest absolute Gasteiger partial charge is 0.324 e. The van der Waals surface area contributed by atoms with Gasteiger partial charge in [0.25, 0.3) is 10.2 Å².